The summed E-state index contributed by atoms with van der Waals surface area (Å²) in [6.07, 6.45) is 1.54. The van der Waals surface area contributed by atoms with Crippen LogP contribution in [0.2, 0.25) is 0 Å². The number of nitrogen functional groups attached to an aromatic ring is 1. The highest BCUT2D eigenvalue weighted by atomic mass is 19.1. The van der Waals surface area contributed by atoms with Gasteiger partial charge in [0.1, 0.15) is 17.2 Å². The van der Waals surface area contributed by atoms with E-state index < -0.39 is 0 Å². The van der Waals surface area contributed by atoms with Crippen molar-refractivity contribution in [3.8, 4) is 0 Å². The van der Waals surface area contributed by atoms with Crippen molar-refractivity contribution < 1.29 is 4.39 Å². The number of rotatable bonds is 3. The number of halogens is 1. The molecule has 0 amide bonds. The molecule has 23 heavy (non-hydrogen) atoms. The number of hydrogen-bond donors (Lipinski definition) is 3. The molecule has 0 aliphatic heterocycles. The normalized spacial score (nSPS) is 11.4. The second-order valence-electron chi connectivity index (χ2n) is 5.21. The summed E-state index contributed by atoms with van der Waals surface area (Å²) < 4.78 is 13.3. The summed E-state index contributed by atoms with van der Waals surface area (Å²) in [5, 5.41) is 0. The van der Waals surface area contributed by atoms with E-state index in [1.54, 1.807) is 12.4 Å². The highest BCUT2D eigenvalue weighted by Crippen LogP contribution is 2.22. The van der Waals surface area contributed by atoms with E-state index in [1.165, 1.54) is 12.1 Å². The Labute approximate surface area is 129 Å². The zero-order valence-corrected chi connectivity index (χ0v) is 12.2. The molecule has 9 heteroatoms. The number of benzene rings is 1. The highest BCUT2D eigenvalue weighted by molar-refractivity contribution is 5.84. The average Bonchev–Trinajstić information content (AvgIpc) is 3.11. The quantitative estimate of drug-likeness (QED) is 0.529. The maximum absolute atomic E-state index is 13.3. The highest BCUT2D eigenvalue weighted by Gasteiger charge is 2.14. The van der Waals surface area contributed by atoms with Gasteiger partial charge in [0.2, 0.25) is 5.95 Å². The van der Waals surface area contributed by atoms with Crippen molar-refractivity contribution in [1.82, 2.24) is 29.9 Å². The fourth-order valence-electron chi connectivity index (χ4n) is 2.52. The number of nitrogens with zero attached hydrogens (tertiary/aromatic N) is 5. The van der Waals surface area contributed by atoms with Crippen molar-refractivity contribution in [2.45, 2.75) is 6.54 Å². The lowest BCUT2D eigenvalue weighted by Gasteiger charge is -2.17. The first-order valence-corrected chi connectivity index (χ1v) is 6.92. The molecule has 0 aliphatic rings. The molecule has 4 aromatic rings. The fourth-order valence-corrected chi connectivity index (χ4v) is 2.52. The summed E-state index contributed by atoms with van der Waals surface area (Å²) in [6.45, 7) is 0.445. The first-order valence-electron chi connectivity index (χ1n) is 6.92. The Morgan fingerprint density at radius 2 is 2.13 bits per heavy atom. The SMILES string of the molecule is CN(Cc1nc2ccc(F)cc2[nH]1)c1nc(N)nc2nc[nH]c12. The predicted molar refractivity (Wildman–Crippen MR) is 84.3 cm³/mol. The van der Waals surface area contributed by atoms with Gasteiger partial charge in [-0.15, -0.1) is 0 Å². The molecule has 0 aliphatic carbocycles. The Morgan fingerprint density at radius 1 is 1.26 bits per heavy atom. The van der Waals surface area contributed by atoms with E-state index in [1.807, 2.05) is 11.9 Å². The van der Waals surface area contributed by atoms with Crippen LogP contribution in [0.25, 0.3) is 22.2 Å². The summed E-state index contributed by atoms with van der Waals surface area (Å²) in [5.41, 5.74) is 8.30. The first kappa shape index (κ1) is 13.4. The molecule has 0 atom stereocenters. The minimum Gasteiger partial charge on any atom is -0.368 e. The molecule has 0 fully saturated rings. The molecule has 1 aromatic carbocycles. The van der Waals surface area contributed by atoms with Crippen molar-refractivity contribution in [2.75, 3.05) is 17.7 Å². The lowest BCUT2D eigenvalue weighted by molar-refractivity contribution is 0.629. The standard InChI is InChI=1S/C14H13FN8/c1-23(13-11-12(18-6-17-11)21-14(16)22-13)5-10-19-8-3-2-7(15)4-9(8)20-10/h2-4,6H,5H2,1H3,(H,19,20)(H3,16,17,18,21,22). The van der Waals surface area contributed by atoms with Crippen molar-refractivity contribution in [1.29, 1.82) is 0 Å². The van der Waals surface area contributed by atoms with Gasteiger partial charge in [0.25, 0.3) is 0 Å². The van der Waals surface area contributed by atoms with Gasteiger partial charge in [0.05, 0.1) is 23.9 Å². The molecule has 0 spiro atoms. The van der Waals surface area contributed by atoms with Crippen LogP contribution in [0.1, 0.15) is 5.82 Å². The molecule has 4 N–H and O–H groups in total. The van der Waals surface area contributed by atoms with Gasteiger partial charge >= 0.3 is 0 Å². The molecular formula is C14H13FN8. The van der Waals surface area contributed by atoms with E-state index in [9.17, 15) is 4.39 Å². The summed E-state index contributed by atoms with van der Waals surface area (Å²) in [7, 11) is 1.86. The van der Waals surface area contributed by atoms with Crippen LogP contribution in [0.4, 0.5) is 16.2 Å². The Bertz CT molecular complexity index is 1000. The van der Waals surface area contributed by atoms with E-state index in [-0.39, 0.29) is 11.8 Å². The molecule has 4 rings (SSSR count). The molecule has 0 radical (unpaired) electrons. The smallest absolute Gasteiger partial charge is 0.224 e. The second kappa shape index (κ2) is 4.90. The third-order valence-corrected chi connectivity index (χ3v) is 3.53. The van der Waals surface area contributed by atoms with Crippen molar-refractivity contribution >= 4 is 34.0 Å². The maximum Gasteiger partial charge on any atom is 0.224 e. The average molecular weight is 312 g/mol. The van der Waals surface area contributed by atoms with Crippen LogP contribution in [0, 0.1) is 5.82 Å². The van der Waals surface area contributed by atoms with E-state index in [0.29, 0.717) is 40.4 Å². The third kappa shape index (κ3) is 2.31. The topological polar surface area (TPSA) is 112 Å². The van der Waals surface area contributed by atoms with Crippen LogP contribution in [-0.4, -0.2) is 37.0 Å². The lowest BCUT2D eigenvalue weighted by Crippen LogP contribution is -2.19. The zero-order valence-electron chi connectivity index (χ0n) is 12.2. The number of nitrogens with two attached hydrogens (primary N) is 1. The molecule has 0 bridgehead atoms. The molecule has 3 heterocycles. The number of aromatic nitrogens is 6. The molecule has 3 aromatic heterocycles. The second-order valence-corrected chi connectivity index (χ2v) is 5.21. The van der Waals surface area contributed by atoms with Gasteiger partial charge in [-0.05, 0) is 18.2 Å². The third-order valence-electron chi connectivity index (χ3n) is 3.53. The summed E-state index contributed by atoms with van der Waals surface area (Å²) in [4.78, 5) is 24.8. The van der Waals surface area contributed by atoms with Crippen molar-refractivity contribution in [2.24, 2.45) is 0 Å². The van der Waals surface area contributed by atoms with Gasteiger partial charge < -0.3 is 20.6 Å². The Morgan fingerprint density at radius 3 is 3.00 bits per heavy atom. The van der Waals surface area contributed by atoms with E-state index in [2.05, 4.69) is 29.9 Å². The Kier molecular flexibility index (Phi) is 2.86. The minimum absolute atomic E-state index is 0.151. The summed E-state index contributed by atoms with van der Waals surface area (Å²) >= 11 is 0. The number of fused-ring (bicyclic) bond motifs is 2. The monoisotopic (exact) mass is 312 g/mol. The van der Waals surface area contributed by atoms with Gasteiger partial charge in [-0.2, -0.15) is 9.97 Å². The molecule has 116 valence electrons. The molecular weight excluding hydrogens is 299 g/mol. The van der Waals surface area contributed by atoms with Gasteiger partial charge in [-0.3, -0.25) is 0 Å². The van der Waals surface area contributed by atoms with E-state index >= 15 is 0 Å². The molecule has 0 saturated carbocycles. The van der Waals surface area contributed by atoms with Crippen molar-refractivity contribution in [3.05, 3.63) is 36.2 Å². The number of H-pyrrole nitrogens is 2. The lowest BCUT2D eigenvalue weighted by atomic mass is 10.3. The molecule has 0 saturated heterocycles. The molecule has 0 unspecified atom stereocenters. The van der Waals surface area contributed by atoms with Crippen LogP contribution < -0.4 is 10.6 Å². The van der Waals surface area contributed by atoms with Gasteiger partial charge in [0, 0.05) is 7.05 Å². The van der Waals surface area contributed by atoms with Crippen LogP contribution in [0.15, 0.2) is 24.5 Å². The number of hydrogen-bond acceptors (Lipinski definition) is 6. The van der Waals surface area contributed by atoms with Gasteiger partial charge in [0.15, 0.2) is 11.5 Å². The van der Waals surface area contributed by atoms with Crippen molar-refractivity contribution in [3.63, 3.8) is 0 Å². The number of anilines is 2. The Balaban J connectivity index is 1.70. The Hall–Kier alpha value is -3.23. The largest absolute Gasteiger partial charge is 0.368 e. The van der Waals surface area contributed by atoms with E-state index in [4.69, 9.17) is 5.73 Å². The maximum atomic E-state index is 13.3. The summed E-state index contributed by atoms with van der Waals surface area (Å²) in [6, 6.07) is 4.44. The van der Waals surface area contributed by atoms with Crippen LogP contribution in [0.3, 0.4) is 0 Å². The molecule has 8 nitrogen and oxygen atoms in total. The number of imidazole rings is 2. The van der Waals surface area contributed by atoms with E-state index in [0.717, 1.165) is 0 Å². The predicted octanol–water partition coefficient (Wildman–Crippen LogP) is 1.59. The zero-order chi connectivity index (χ0) is 16.0. The van der Waals surface area contributed by atoms with Gasteiger partial charge in [-0.25, -0.2) is 14.4 Å². The fraction of sp³-hybridized carbons (Fsp3) is 0.143. The summed E-state index contributed by atoms with van der Waals surface area (Å²) in [5.74, 6) is 1.16. The minimum atomic E-state index is -0.302. The number of aromatic amines is 2. The van der Waals surface area contributed by atoms with Crippen LogP contribution in [0.5, 0.6) is 0 Å². The number of nitrogens with one attached hydrogen (secondary N) is 2. The van der Waals surface area contributed by atoms with Crippen LogP contribution >= 0.6 is 0 Å². The van der Waals surface area contributed by atoms with Gasteiger partial charge in [-0.1, -0.05) is 0 Å². The first-order chi connectivity index (χ1) is 11.1. The van der Waals surface area contributed by atoms with Crippen LogP contribution in [-0.2, 0) is 6.54 Å².